The van der Waals surface area contributed by atoms with Crippen LogP contribution in [-0.4, -0.2) is 13.2 Å². The standard InChI is InChI=1S/C26H26F3NO2/c1-2-3-4-5-16-8-19-10-22(27)18(12-24(19)31-14-16)7-6-17-9-20-11-23(28)21(13-30)25(29)26(20)32-15-17/h9-12,16H,2-8,14-15H2,1H3. The van der Waals surface area contributed by atoms with Gasteiger partial charge in [0, 0.05) is 5.56 Å². The van der Waals surface area contributed by atoms with Crippen LogP contribution in [0.2, 0.25) is 0 Å². The molecule has 2 aromatic carbocycles. The van der Waals surface area contributed by atoms with Crippen molar-refractivity contribution in [1.29, 1.82) is 5.26 Å². The van der Waals surface area contributed by atoms with Gasteiger partial charge in [0.25, 0.3) is 0 Å². The van der Waals surface area contributed by atoms with Gasteiger partial charge in [-0.3, -0.25) is 0 Å². The van der Waals surface area contributed by atoms with Crippen LogP contribution >= 0.6 is 0 Å². The molecular weight excluding hydrogens is 415 g/mol. The molecule has 0 amide bonds. The first-order valence-corrected chi connectivity index (χ1v) is 11.2. The smallest absolute Gasteiger partial charge is 0.186 e. The summed E-state index contributed by atoms with van der Waals surface area (Å²) in [5, 5.41) is 8.89. The fourth-order valence-electron chi connectivity index (χ4n) is 4.41. The molecule has 0 radical (unpaired) electrons. The molecule has 3 nitrogen and oxygen atoms in total. The summed E-state index contributed by atoms with van der Waals surface area (Å²) in [5.74, 6) is -1.09. The predicted octanol–water partition coefficient (Wildman–Crippen LogP) is 6.52. The van der Waals surface area contributed by atoms with E-state index in [0.717, 1.165) is 35.8 Å². The largest absolute Gasteiger partial charge is 0.493 e. The lowest BCUT2D eigenvalue weighted by Crippen LogP contribution is -2.21. The van der Waals surface area contributed by atoms with Gasteiger partial charge in [-0.2, -0.15) is 5.26 Å². The molecule has 6 heteroatoms. The van der Waals surface area contributed by atoms with Crippen molar-refractivity contribution in [3.63, 3.8) is 0 Å². The molecule has 168 valence electrons. The second-order valence-electron chi connectivity index (χ2n) is 8.60. The highest BCUT2D eigenvalue weighted by Crippen LogP contribution is 2.35. The summed E-state index contributed by atoms with van der Waals surface area (Å²) in [6.45, 7) is 2.96. The Morgan fingerprint density at radius 2 is 1.91 bits per heavy atom. The highest BCUT2D eigenvalue weighted by molar-refractivity contribution is 5.64. The van der Waals surface area contributed by atoms with Crippen LogP contribution in [-0.2, 0) is 12.8 Å². The third-order valence-electron chi connectivity index (χ3n) is 6.22. The van der Waals surface area contributed by atoms with Gasteiger partial charge in [-0.25, -0.2) is 13.2 Å². The van der Waals surface area contributed by atoms with Crippen LogP contribution in [0.4, 0.5) is 13.2 Å². The van der Waals surface area contributed by atoms with Crippen molar-refractivity contribution >= 4 is 6.08 Å². The van der Waals surface area contributed by atoms with Gasteiger partial charge in [-0.1, -0.05) is 26.2 Å². The molecule has 0 N–H and O–H groups in total. The fourth-order valence-corrected chi connectivity index (χ4v) is 4.41. The van der Waals surface area contributed by atoms with E-state index >= 15 is 0 Å². The van der Waals surface area contributed by atoms with Crippen molar-refractivity contribution in [2.24, 2.45) is 5.92 Å². The molecule has 32 heavy (non-hydrogen) atoms. The number of rotatable bonds is 7. The third kappa shape index (κ3) is 4.62. The number of benzene rings is 2. The second kappa shape index (κ2) is 9.68. The summed E-state index contributed by atoms with van der Waals surface area (Å²) in [6.07, 6.45) is 8.06. The van der Waals surface area contributed by atoms with Crippen LogP contribution in [0.3, 0.4) is 0 Å². The summed E-state index contributed by atoms with van der Waals surface area (Å²) in [4.78, 5) is 0. The van der Waals surface area contributed by atoms with Crippen LogP contribution in [0.5, 0.6) is 11.5 Å². The Morgan fingerprint density at radius 3 is 2.69 bits per heavy atom. The van der Waals surface area contributed by atoms with E-state index in [2.05, 4.69) is 6.92 Å². The Morgan fingerprint density at radius 1 is 1.06 bits per heavy atom. The average molecular weight is 441 g/mol. The van der Waals surface area contributed by atoms with Crippen molar-refractivity contribution in [3.8, 4) is 17.6 Å². The van der Waals surface area contributed by atoms with Gasteiger partial charge in [0.2, 0.25) is 0 Å². The molecule has 4 rings (SSSR count). The van der Waals surface area contributed by atoms with E-state index in [0.29, 0.717) is 30.9 Å². The Balaban J connectivity index is 1.44. The van der Waals surface area contributed by atoms with Gasteiger partial charge in [0.1, 0.15) is 35.6 Å². The lowest BCUT2D eigenvalue weighted by molar-refractivity contribution is 0.210. The number of halogens is 3. The number of ether oxygens (including phenoxy) is 2. The fraction of sp³-hybridized carbons (Fsp3) is 0.423. The SMILES string of the molecule is CCCCCC1COc2cc(CCC3=Cc4cc(F)c(C#N)c(F)c4OC3)c(F)cc2C1. The first kappa shape index (κ1) is 22.3. The molecule has 1 atom stereocenters. The maximum atomic E-state index is 14.8. The van der Waals surface area contributed by atoms with Gasteiger partial charge < -0.3 is 9.47 Å². The first-order valence-electron chi connectivity index (χ1n) is 11.2. The minimum absolute atomic E-state index is 0.114. The van der Waals surface area contributed by atoms with Gasteiger partial charge in [0.15, 0.2) is 11.6 Å². The van der Waals surface area contributed by atoms with Crippen molar-refractivity contribution < 1.29 is 22.6 Å². The van der Waals surface area contributed by atoms with Crippen LogP contribution in [0.25, 0.3) is 6.08 Å². The zero-order chi connectivity index (χ0) is 22.7. The van der Waals surface area contributed by atoms with Crippen molar-refractivity contribution in [1.82, 2.24) is 0 Å². The molecule has 0 fully saturated rings. The van der Waals surface area contributed by atoms with E-state index in [9.17, 15) is 13.2 Å². The molecular formula is C26H26F3NO2. The van der Waals surface area contributed by atoms with Crippen LogP contribution in [0.15, 0.2) is 23.8 Å². The lowest BCUT2D eigenvalue weighted by Gasteiger charge is -2.26. The van der Waals surface area contributed by atoms with E-state index in [1.165, 1.54) is 25.3 Å². The molecule has 0 aliphatic carbocycles. The van der Waals surface area contributed by atoms with Gasteiger partial charge >= 0.3 is 0 Å². The molecule has 2 heterocycles. The average Bonchev–Trinajstić information content (AvgIpc) is 2.78. The molecule has 0 bridgehead atoms. The first-order chi connectivity index (χ1) is 15.5. The summed E-state index contributed by atoms with van der Waals surface area (Å²) in [7, 11) is 0. The maximum Gasteiger partial charge on any atom is 0.186 e. The van der Waals surface area contributed by atoms with Gasteiger partial charge in [0.05, 0.1) is 6.61 Å². The highest BCUT2D eigenvalue weighted by Gasteiger charge is 2.24. The Labute approximate surface area is 186 Å². The summed E-state index contributed by atoms with van der Waals surface area (Å²) in [5.41, 5.74) is 1.88. The van der Waals surface area contributed by atoms with Crippen LogP contribution in [0, 0.1) is 34.7 Å². The number of fused-ring (bicyclic) bond motifs is 2. The monoisotopic (exact) mass is 441 g/mol. The number of unbranched alkanes of at least 4 members (excludes halogenated alkanes) is 2. The lowest BCUT2D eigenvalue weighted by atomic mass is 9.90. The topological polar surface area (TPSA) is 42.2 Å². The number of aryl methyl sites for hydroxylation is 1. The predicted molar refractivity (Wildman–Crippen MR) is 116 cm³/mol. The van der Waals surface area contributed by atoms with Crippen molar-refractivity contribution in [2.45, 2.75) is 51.9 Å². The van der Waals surface area contributed by atoms with E-state index in [1.807, 2.05) is 0 Å². The summed E-state index contributed by atoms with van der Waals surface area (Å²) >= 11 is 0. The zero-order valence-electron chi connectivity index (χ0n) is 18.1. The molecule has 2 aliphatic heterocycles. The normalized spacial score (nSPS) is 16.8. The number of hydrogen-bond acceptors (Lipinski definition) is 3. The Hall–Kier alpha value is -2.94. The van der Waals surface area contributed by atoms with Crippen molar-refractivity contribution in [3.05, 3.63) is 63.5 Å². The number of hydrogen-bond donors (Lipinski definition) is 0. The van der Waals surface area contributed by atoms with E-state index in [-0.39, 0.29) is 23.7 Å². The Bertz CT molecular complexity index is 1090. The Kier molecular flexibility index (Phi) is 6.74. The van der Waals surface area contributed by atoms with E-state index in [1.54, 1.807) is 18.2 Å². The zero-order valence-corrected chi connectivity index (χ0v) is 18.1. The quantitative estimate of drug-likeness (QED) is 0.460. The molecule has 0 saturated carbocycles. The molecule has 0 aromatic heterocycles. The third-order valence-corrected chi connectivity index (χ3v) is 6.22. The van der Waals surface area contributed by atoms with Gasteiger partial charge in [-0.15, -0.1) is 0 Å². The van der Waals surface area contributed by atoms with Crippen LogP contribution < -0.4 is 9.47 Å². The molecule has 0 spiro atoms. The maximum absolute atomic E-state index is 14.8. The highest BCUT2D eigenvalue weighted by atomic mass is 19.1. The second-order valence-corrected chi connectivity index (χ2v) is 8.60. The number of nitrogens with zero attached hydrogens (tertiary/aromatic N) is 1. The van der Waals surface area contributed by atoms with E-state index < -0.39 is 17.2 Å². The summed E-state index contributed by atoms with van der Waals surface area (Å²) < 4.78 is 54.3. The van der Waals surface area contributed by atoms with Crippen LogP contribution in [0.1, 0.15) is 61.3 Å². The molecule has 1 unspecified atom stereocenters. The molecule has 0 saturated heterocycles. The van der Waals surface area contributed by atoms with Crippen molar-refractivity contribution in [2.75, 3.05) is 13.2 Å². The minimum atomic E-state index is -0.983. The number of nitriles is 1. The van der Waals surface area contributed by atoms with Gasteiger partial charge in [-0.05, 0) is 72.6 Å². The van der Waals surface area contributed by atoms with E-state index in [4.69, 9.17) is 14.7 Å². The molecule has 2 aromatic rings. The summed E-state index contributed by atoms with van der Waals surface area (Å²) in [6, 6.07) is 5.98. The minimum Gasteiger partial charge on any atom is -0.493 e. The molecule has 2 aliphatic rings.